The van der Waals surface area contributed by atoms with Crippen molar-refractivity contribution in [2.75, 3.05) is 7.11 Å². The van der Waals surface area contributed by atoms with Crippen LogP contribution in [0.4, 0.5) is 0 Å². The summed E-state index contributed by atoms with van der Waals surface area (Å²) in [4.78, 5) is 11.5. The van der Waals surface area contributed by atoms with E-state index in [1.165, 1.54) is 7.11 Å². The zero-order valence-electron chi connectivity index (χ0n) is 13.1. The minimum absolute atomic E-state index is 0.336. The van der Waals surface area contributed by atoms with E-state index in [4.69, 9.17) is 14.2 Å². The molecular formula is C17H21NO4. The van der Waals surface area contributed by atoms with Crippen LogP contribution in [-0.4, -0.2) is 23.9 Å². The van der Waals surface area contributed by atoms with Crippen molar-refractivity contribution in [2.24, 2.45) is 7.05 Å². The second kappa shape index (κ2) is 7.77. The second-order valence-corrected chi connectivity index (χ2v) is 4.94. The van der Waals surface area contributed by atoms with Crippen LogP contribution < -0.4 is 0 Å². The summed E-state index contributed by atoms with van der Waals surface area (Å²) in [5.74, 6) is -0.359. The number of hydrogen-bond acceptors (Lipinski definition) is 4. The predicted molar refractivity (Wildman–Crippen MR) is 82.2 cm³/mol. The van der Waals surface area contributed by atoms with Gasteiger partial charge in [-0.3, -0.25) is 0 Å². The Morgan fingerprint density at radius 2 is 1.77 bits per heavy atom. The van der Waals surface area contributed by atoms with Crippen LogP contribution in [0.15, 0.2) is 42.5 Å². The van der Waals surface area contributed by atoms with Crippen LogP contribution in [0.5, 0.6) is 0 Å². The van der Waals surface area contributed by atoms with E-state index in [0.29, 0.717) is 18.9 Å². The van der Waals surface area contributed by atoms with E-state index < -0.39 is 0 Å². The molecule has 1 aromatic carbocycles. The minimum Gasteiger partial charge on any atom is -0.464 e. The molecule has 0 spiro atoms. The highest BCUT2D eigenvalue weighted by Crippen LogP contribution is 2.12. The van der Waals surface area contributed by atoms with Crippen molar-refractivity contribution < 1.29 is 19.0 Å². The zero-order valence-corrected chi connectivity index (χ0v) is 13.1. The van der Waals surface area contributed by atoms with Crippen molar-refractivity contribution in [3.63, 3.8) is 0 Å². The number of benzene rings is 1. The van der Waals surface area contributed by atoms with Crippen molar-refractivity contribution in [3.05, 3.63) is 59.4 Å². The molecule has 5 nitrogen and oxygen atoms in total. The molecule has 5 heteroatoms. The number of hydrogen-bond donors (Lipinski definition) is 0. The monoisotopic (exact) mass is 303 g/mol. The van der Waals surface area contributed by atoms with Crippen LogP contribution in [0.25, 0.3) is 0 Å². The standard InChI is InChI=1S/C17H21NO4/c1-13(21-11-14-7-5-4-6-8-14)22-12-15-9-10-16(18(15)2)17(19)20-3/h4-10,13H,11-12H2,1-3H3. The van der Waals surface area contributed by atoms with Gasteiger partial charge in [0.15, 0.2) is 6.29 Å². The van der Waals surface area contributed by atoms with Gasteiger partial charge in [0, 0.05) is 12.7 Å². The molecule has 0 amide bonds. The molecule has 0 bridgehead atoms. The molecule has 1 aromatic heterocycles. The molecule has 118 valence electrons. The van der Waals surface area contributed by atoms with Gasteiger partial charge in [0.2, 0.25) is 0 Å². The first-order valence-electron chi connectivity index (χ1n) is 7.12. The predicted octanol–water partition coefficient (Wildman–Crippen LogP) is 2.89. The van der Waals surface area contributed by atoms with Gasteiger partial charge in [-0.25, -0.2) is 4.79 Å². The summed E-state index contributed by atoms with van der Waals surface area (Å²) in [6.45, 7) is 2.72. The molecule has 22 heavy (non-hydrogen) atoms. The summed E-state index contributed by atoms with van der Waals surface area (Å²) in [5.41, 5.74) is 2.49. The lowest BCUT2D eigenvalue weighted by Gasteiger charge is -2.15. The number of carbonyl (C=O) groups is 1. The molecule has 1 unspecified atom stereocenters. The molecule has 0 N–H and O–H groups in total. The lowest BCUT2D eigenvalue weighted by molar-refractivity contribution is -0.145. The van der Waals surface area contributed by atoms with E-state index >= 15 is 0 Å². The summed E-state index contributed by atoms with van der Waals surface area (Å²) in [7, 11) is 3.17. The van der Waals surface area contributed by atoms with Gasteiger partial charge >= 0.3 is 5.97 Å². The molecule has 0 saturated carbocycles. The Balaban J connectivity index is 1.82. The molecule has 2 aromatic rings. The number of nitrogens with zero attached hydrogens (tertiary/aromatic N) is 1. The molecule has 0 aliphatic rings. The first-order chi connectivity index (χ1) is 10.6. The third-order valence-corrected chi connectivity index (χ3v) is 3.41. The Kier molecular flexibility index (Phi) is 5.75. The van der Waals surface area contributed by atoms with Gasteiger partial charge in [-0.2, -0.15) is 0 Å². The van der Waals surface area contributed by atoms with Crippen LogP contribution in [0.2, 0.25) is 0 Å². The fraction of sp³-hybridized carbons (Fsp3) is 0.353. The maximum absolute atomic E-state index is 11.5. The normalized spacial score (nSPS) is 12.1. The lowest BCUT2D eigenvalue weighted by Crippen LogP contribution is -2.15. The van der Waals surface area contributed by atoms with Gasteiger partial charge in [-0.05, 0) is 24.6 Å². The maximum atomic E-state index is 11.5. The Morgan fingerprint density at radius 1 is 1.09 bits per heavy atom. The topological polar surface area (TPSA) is 49.7 Å². The van der Waals surface area contributed by atoms with Crippen molar-refractivity contribution in [1.82, 2.24) is 4.57 Å². The number of carbonyl (C=O) groups excluding carboxylic acids is 1. The molecule has 2 rings (SSSR count). The van der Waals surface area contributed by atoms with Crippen LogP contribution in [-0.2, 0) is 34.5 Å². The molecule has 0 saturated heterocycles. The Labute approximate surface area is 130 Å². The average Bonchev–Trinajstić information content (AvgIpc) is 2.92. The SMILES string of the molecule is COC(=O)c1ccc(COC(C)OCc2ccccc2)n1C. The number of esters is 1. The summed E-state index contributed by atoms with van der Waals surface area (Å²) in [6, 6.07) is 13.5. The van der Waals surface area contributed by atoms with Crippen molar-refractivity contribution in [2.45, 2.75) is 26.4 Å². The molecule has 0 aliphatic carbocycles. The fourth-order valence-electron chi connectivity index (χ4n) is 2.05. The first kappa shape index (κ1) is 16.3. The van der Waals surface area contributed by atoms with E-state index in [9.17, 15) is 4.79 Å². The third-order valence-electron chi connectivity index (χ3n) is 3.41. The van der Waals surface area contributed by atoms with Gasteiger partial charge in [-0.1, -0.05) is 30.3 Å². The highest BCUT2D eigenvalue weighted by Gasteiger charge is 2.13. The molecule has 0 aliphatic heterocycles. The molecule has 1 atom stereocenters. The van der Waals surface area contributed by atoms with E-state index in [-0.39, 0.29) is 12.3 Å². The molecule has 0 radical (unpaired) electrons. The summed E-state index contributed by atoms with van der Waals surface area (Å²) < 4.78 is 17.8. The van der Waals surface area contributed by atoms with E-state index in [2.05, 4.69) is 0 Å². The number of rotatable bonds is 7. The Bertz CT molecular complexity index is 606. The lowest BCUT2D eigenvalue weighted by atomic mass is 10.2. The average molecular weight is 303 g/mol. The van der Waals surface area contributed by atoms with Gasteiger partial charge in [0.05, 0.1) is 20.3 Å². The van der Waals surface area contributed by atoms with Crippen molar-refractivity contribution in [1.29, 1.82) is 0 Å². The summed E-state index contributed by atoms with van der Waals surface area (Å²) in [6.07, 6.45) is -0.336. The largest absolute Gasteiger partial charge is 0.464 e. The van der Waals surface area contributed by atoms with E-state index in [1.807, 2.05) is 43.3 Å². The van der Waals surface area contributed by atoms with Gasteiger partial charge < -0.3 is 18.8 Å². The quantitative estimate of drug-likeness (QED) is 0.583. The second-order valence-electron chi connectivity index (χ2n) is 4.94. The molecule has 1 heterocycles. The fourth-order valence-corrected chi connectivity index (χ4v) is 2.05. The van der Waals surface area contributed by atoms with E-state index in [0.717, 1.165) is 11.3 Å². The first-order valence-corrected chi connectivity index (χ1v) is 7.12. The number of aromatic nitrogens is 1. The third kappa shape index (κ3) is 4.19. The number of ether oxygens (including phenoxy) is 3. The highest BCUT2D eigenvalue weighted by atomic mass is 16.7. The highest BCUT2D eigenvalue weighted by molar-refractivity contribution is 5.87. The maximum Gasteiger partial charge on any atom is 0.354 e. The molecular weight excluding hydrogens is 282 g/mol. The van der Waals surface area contributed by atoms with Crippen LogP contribution >= 0.6 is 0 Å². The van der Waals surface area contributed by atoms with Gasteiger partial charge in [-0.15, -0.1) is 0 Å². The van der Waals surface area contributed by atoms with Crippen LogP contribution in [0, 0.1) is 0 Å². The van der Waals surface area contributed by atoms with Gasteiger partial charge in [0.1, 0.15) is 5.69 Å². The van der Waals surface area contributed by atoms with Crippen LogP contribution in [0.3, 0.4) is 0 Å². The smallest absolute Gasteiger partial charge is 0.354 e. The minimum atomic E-state index is -0.359. The Morgan fingerprint density at radius 3 is 2.45 bits per heavy atom. The van der Waals surface area contributed by atoms with Crippen LogP contribution in [0.1, 0.15) is 28.7 Å². The zero-order chi connectivity index (χ0) is 15.9. The van der Waals surface area contributed by atoms with Crippen molar-refractivity contribution in [3.8, 4) is 0 Å². The van der Waals surface area contributed by atoms with E-state index in [1.54, 1.807) is 17.7 Å². The summed E-state index contributed by atoms with van der Waals surface area (Å²) >= 11 is 0. The Hall–Kier alpha value is -2.11. The summed E-state index contributed by atoms with van der Waals surface area (Å²) in [5, 5.41) is 0. The molecule has 0 fully saturated rings. The van der Waals surface area contributed by atoms with Gasteiger partial charge in [0.25, 0.3) is 0 Å². The van der Waals surface area contributed by atoms with Crippen molar-refractivity contribution >= 4 is 5.97 Å². The number of methoxy groups -OCH3 is 1.